The summed E-state index contributed by atoms with van der Waals surface area (Å²) in [6.07, 6.45) is 0.321. The zero-order valence-electron chi connectivity index (χ0n) is 12.0. The fourth-order valence-corrected chi connectivity index (χ4v) is 2.43. The average molecular weight is 339 g/mol. The van der Waals surface area contributed by atoms with E-state index >= 15 is 0 Å². The van der Waals surface area contributed by atoms with E-state index in [0.717, 1.165) is 5.69 Å². The predicted octanol–water partition coefficient (Wildman–Crippen LogP) is 4.44. The Labute approximate surface area is 139 Å². The Morgan fingerprint density at radius 1 is 1.09 bits per heavy atom. The minimum absolute atomic E-state index is 0.0890. The highest BCUT2D eigenvalue weighted by atomic mass is 35.5. The third kappa shape index (κ3) is 5.13. The summed E-state index contributed by atoms with van der Waals surface area (Å²) in [6.45, 7) is 0.479. The fraction of sp³-hybridized carbons (Fsp3) is 0.188. The fourth-order valence-electron chi connectivity index (χ4n) is 1.90. The SMILES string of the molecule is COc1cccc(NC(=O)CCNc2cc(Cl)cc(Cl)c2)c1. The number of benzene rings is 2. The molecule has 2 aromatic carbocycles. The highest BCUT2D eigenvalue weighted by Gasteiger charge is 2.04. The first-order valence-electron chi connectivity index (χ1n) is 6.70. The van der Waals surface area contributed by atoms with Crippen molar-refractivity contribution in [1.29, 1.82) is 0 Å². The zero-order valence-corrected chi connectivity index (χ0v) is 13.5. The van der Waals surface area contributed by atoms with Gasteiger partial charge >= 0.3 is 0 Å². The quantitative estimate of drug-likeness (QED) is 0.818. The molecular formula is C16H16Cl2N2O2. The van der Waals surface area contributed by atoms with Crippen molar-refractivity contribution in [3.63, 3.8) is 0 Å². The summed E-state index contributed by atoms with van der Waals surface area (Å²) < 4.78 is 5.11. The van der Waals surface area contributed by atoms with E-state index in [4.69, 9.17) is 27.9 Å². The number of methoxy groups -OCH3 is 1. The molecule has 2 N–H and O–H groups in total. The van der Waals surface area contributed by atoms with E-state index in [1.54, 1.807) is 31.4 Å². The minimum atomic E-state index is -0.0890. The molecule has 0 fully saturated rings. The van der Waals surface area contributed by atoms with Gasteiger partial charge in [0, 0.05) is 40.5 Å². The molecule has 0 bridgehead atoms. The van der Waals surface area contributed by atoms with Crippen LogP contribution in [-0.4, -0.2) is 19.6 Å². The van der Waals surface area contributed by atoms with Crippen molar-refractivity contribution < 1.29 is 9.53 Å². The van der Waals surface area contributed by atoms with Gasteiger partial charge in [-0.3, -0.25) is 4.79 Å². The maximum atomic E-state index is 11.9. The Hall–Kier alpha value is -1.91. The second kappa shape index (κ2) is 7.92. The molecule has 1 amide bonds. The number of hydrogen-bond acceptors (Lipinski definition) is 3. The first kappa shape index (κ1) is 16.5. The second-order valence-corrected chi connectivity index (χ2v) is 5.49. The molecule has 0 aliphatic carbocycles. The molecule has 116 valence electrons. The molecule has 2 aromatic rings. The van der Waals surface area contributed by atoms with Gasteiger partial charge in [0.1, 0.15) is 5.75 Å². The van der Waals surface area contributed by atoms with E-state index in [1.807, 2.05) is 18.2 Å². The number of anilines is 2. The Morgan fingerprint density at radius 2 is 1.82 bits per heavy atom. The monoisotopic (exact) mass is 338 g/mol. The molecule has 0 atom stereocenters. The number of hydrogen-bond donors (Lipinski definition) is 2. The summed E-state index contributed by atoms with van der Waals surface area (Å²) in [5.74, 6) is 0.610. The Morgan fingerprint density at radius 3 is 2.50 bits per heavy atom. The first-order valence-corrected chi connectivity index (χ1v) is 7.46. The number of halogens is 2. The normalized spacial score (nSPS) is 10.1. The van der Waals surface area contributed by atoms with Crippen LogP contribution in [0.2, 0.25) is 10.0 Å². The van der Waals surface area contributed by atoms with Gasteiger partial charge in [0.2, 0.25) is 5.91 Å². The van der Waals surface area contributed by atoms with Crippen molar-refractivity contribution in [2.75, 3.05) is 24.3 Å². The van der Waals surface area contributed by atoms with Crippen molar-refractivity contribution in [1.82, 2.24) is 0 Å². The lowest BCUT2D eigenvalue weighted by Gasteiger charge is -2.09. The van der Waals surface area contributed by atoms with Crippen LogP contribution in [0.4, 0.5) is 11.4 Å². The van der Waals surface area contributed by atoms with Gasteiger partial charge in [0.15, 0.2) is 0 Å². The largest absolute Gasteiger partial charge is 0.497 e. The maximum absolute atomic E-state index is 11.9. The first-order chi connectivity index (χ1) is 10.6. The minimum Gasteiger partial charge on any atom is -0.497 e. The van der Waals surface area contributed by atoms with Crippen molar-refractivity contribution in [2.45, 2.75) is 6.42 Å². The molecule has 2 rings (SSSR count). The summed E-state index contributed by atoms with van der Waals surface area (Å²) in [4.78, 5) is 11.9. The zero-order chi connectivity index (χ0) is 15.9. The van der Waals surface area contributed by atoms with Crippen LogP contribution in [0.1, 0.15) is 6.42 Å². The maximum Gasteiger partial charge on any atom is 0.226 e. The topological polar surface area (TPSA) is 50.4 Å². The van der Waals surface area contributed by atoms with Gasteiger partial charge in [-0.2, -0.15) is 0 Å². The highest BCUT2D eigenvalue weighted by molar-refractivity contribution is 6.35. The number of amides is 1. The van der Waals surface area contributed by atoms with E-state index in [9.17, 15) is 4.79 Å². The van der Waals surface area contributed by atoms with Crippen LogP contribution >= 0.6 is 23.2 Å². The molecule has 0 saturated carbocycles. The molecule has 0 spiro atoms. The van der Waals surface area contributed by atoms with Crippen LogP contribution < -0.4 is 15.4 Å². The van der Waals surface area contributed by atoms with Crippen LogP contribution in [0.5, 0.6) is 5.75 Å². The Kier molecular flexibility index (Phi) is 5.92. The van der Waals surface area contributed by atoms with E-state index in [0.29, 0.717) is 34.4 Å². The van der Waals surface area contributed by atoms with Crippen molar-refractivity contribution in [3.8, 4) is 5.75 Å². The number of nitrogens with one attached hydrogen (secondary N) is 2. The van der Waals surface area contributed by atoms with Crippen LogP contribution in [0.25, 0.3) is 0 Å². The number of rotatable bonds is 6. The lowest BCUT2D eigenvalue weighted by Crippen LogP contribution is -2.16. The summed E-state index contributed by atoms with van der Waals surface area (Å²) >= 11 is 11.8. The van der Waals surface area contributed by atoms with Crippen LogP contribution in [0.3, 0.4) is 0 Å². The predicted molar refractivity (Wildman–Crippen MR) is 91.2 cm³/mol. The van der Waals surface area contributed by atoms with Gasteiger partial charge in [0.05, 0.1) is 7.11 Å². The summed E-state index contributed by atoms with van der Waals surface area (Å²) in [5.41, 5.74) is 1.49. The average Bonchev–Trinajstić information content (AvgIpc) is 2.46. The van der Waals surface area contributed by atoms with Gasteiger partial charge in [-0.25, -0.2) is 0 Å². The van der Waals surface area contributed by atoms with Gasteiger partial charge in [0.25, 0.3) is 0 Å². The molecule has 0 heterocycles. The molecule has 4 nitrogen and oxygen atoms in total. The second-order valence-electron chi connectivity index (χ2n) is 4.62. The summed E-state index contributed by atoms with van der Waals surface area (Å²) in [6, 6.07) is 12.4. The summed E-state index contributed by atoms with van der Waals surface area (Å²) in [7, 11) is 1.58. The van der Waals surface area contributed by atoms with Crippen molar-refractivity contribution in [2.24, 2.45) is 0 Å². The Balaban J connectivity index is 1.82. The lowest BCUT2D eigenvalue weighted by atomic mass is 10.2. The van der Waals surface area contributed by atoms with Crippen LogP contribution in [-0.2, 0) is 4.79 Å². The molecule has 22 heavy (non-hydrogen) atoms. The smallest absolute Gasteiger partial charge is 0.226 e. The highest BCUT2D eigenvalue weighted by Crippen LogP contribution is 2.22. The molecule has 0 radical (unpaired) electrons. The van der Waals surface area contributed by atoms with E-state index < -0.39 is 0 Å². The third-order valence-corrected chi connectivity index (χ3v) is 3.33. The van der Waals surface area contributed by atoms with Crippen LogP contribution in [0, 0.1) is 0 Å². The summed E-state index contributed by atoms with van der Waals surface area (Å²) in [5, 5.41) is 7.03. The van der Waals surface area contributed by atoms with Gasteiger partial charge < -0.3 is 15.4 Å². The number of carbonyl (C=O) groups excluding carboxylic acids is 1. The molecule has 0 aliphatic rings. The molecule has 0 aromatic heterocycles. The number of ether oxygens (including phenoxy) is 1. The molecule has 0 aliphatic heterocycles. The molecular weight excluding hydrogens is 323 g/mol. The lowest BCUT2D eigenvalue weighted by molar-refractivity contribution is -0.115. The standard InChI is InChI=1S/C16H16Cl2N2O2/c1-22-15-4-2-3-13(10-15)20-16(21)5-6-19-14-8-11(17)7-12(18)9-14/h2-4,7-10,19H,5-6H2,1H3,(H,20,21). The molecule has 0 saturated heterocycles. The third-order valence-electron chi connectivity index (χ3n) is 2.90. The number of carbonyl (C=O) groups is 1. The van der Waals surface area contributed by atoms with Gasteiger partial charge in [-0.1, -0.05) is 29.3 Å². The van der Waals surface area contributed by atoms with E-state index in [1.165, 1.54) is 0 Å². The van der Waals surface area contributed by atoms with Crippen molar-refractivity contribution in [3.05, 3.63) is 52.5 Å². The van der Waals surface area contributed by atoms with E-state index in [2.05, 4.69) is 10.6 Å². The molecule has 0 unspecified atom stereocenters. The van der Waals surface area contributed by atoms with E-state index in [-0.39, 0.29) is 5.91 Å². The van der Waals surface area contributed by atoms with Crippen molar-refractivity contribution >= 4 is 40.5 Å². The van der Waals surface area contributed by atoms with Gasteiger partial charge in [-0.05, 0) is 30.3 Å². The Bertz CT molecular complexity index is 642. The van der Waals surface area contributed by atoms with Gasteiger partial charge in [-0.15, -0.1) is 0 Å². The van der Waals surface area contributed by atoms with Crippen LogP contribution in [0.15, 0.2) is 42.5 Å². The molecule has 6 heteroatoms.